The van der Waals surface area contributed by atoms with E-state index in [9.17, 15) is 13.2 Å². The van der Waals surface area contributed by atoms with Gasteiger partial charge in [0.1, 0.15) is 12.7 Å². The van der Waals surface area contributed by atoms with E-state index in [1.165, 1.54) is 6.07 Å². The van der Waals surface area contributed by atoms with E-state index in [-0.39, 0.29) is 24.8 Å². The summed E-state index contributed by atoms with van der Waals surface area (Å²) in [4.78, 5) is 0. The Kier molecular flexibility index (Phi) is 3.93. The molecule has 0 aliphatic carbocycles. The van der Waals surface area contributed by atoms with E-state index in [1.807, 2.05) is 0 Å². The Morgan fingerprint density at radius 1 is 1.17 bits per heavy atom. The topological polar surface area (TPSA) is 44.5 Å². The van der Waals surface area contributed by atoms with Crippen molar-refractivity contribution in [2.45, 2.75) is 19.2 Å². The van der Waals surface area contributed by atoms with E-state index >= 15 is 0 Å². The summed E-state index contributed by atoms with van der Waals surface area (Å²) in [6.45, 7) is 2.14. The van der Waals surface area contributed by atoms with Crippen LogP contribution in [0.25, 0.3) is 11.1 Å². The van der Waals surface area contributed by atoms with Gasteiger partial charge in [0.05, 0.1) is 5.56 Å². The molecule has 0 spiro atoms. The lowest BCUT2D eigenvalue weighted by Crippen LogP contribution is -2.35. The summed E-state index contributed by atoms with van der Waals surface area (Å²) in [5, 5.41) is 0. The number of alkyl halides is 3. The van der Waals surface area contributed by atoms with Crippen LogP contribution in [0.2, 0.25) is 0 Å². The highest BCUT2D eigenvalue weighted by molar-refractivity contribution is 5.77. The molecule has 2 aromatic rings. The number of rotatable bonds is 2. The second-order valence-corrected chi connectivity index (χ2v) is 5.47. The Labute approximate surface area is 131 Å². The van der Waals surface area contributed by atoms with Gasteiger partial charge in [-0.15, -0.1) is 0 Å². The smallest absolute Gasteiger partial charge is 0.417 e. The normalized spacial score (nSPS) is 17.2. The first-order valence-corrected chi connectivity index (χ1v) is 7.21. The van der Waals surface area contributed by atoms with Crippen LogP contribution < -0.4 is 15.2 Å². The molecular formula is C17H16F3NO2. The number of halogens is 3. The molecule has 6 heteroatoms. The summed E-state index contributed by atoms with van der Waals surface area (Å²) in [5.74, 6) is 0.740. The summed E-state index contributed by atoms with van der Waals surface area (Å²) < 4.78 is 51.5. The van der Waals surface area contributed by atoms with Gasteiger partial charge in [-0.2, -0.15) is 13.2 Å². The van der Waals surface area contributed by atoms with Crippen LogP contribution >= 0.6 is 0 Å². The molecular weight excluding hydrogens is 307 g/mol. The van der Waals surface area contributed by atoms with Crippen LogP contribution in [-0.2, 0) is 6.18 Å². The van der Waals surface area contributed by atoms with Crippen LogP contribution in [0.5, 0.6) is 11.5 Å². The summed E-state index contributed by atoms with van der Waals surface area (Å²) in [7, 11) is 0. The largest absolute Gasteiger partial charge is 0.486 e. The van der Waals surface area contributed by atoms with Gasteiger partial charge < -0.3 is 15.2 Å². The lowest BCUT2D eigenvalue weighted by atomic mass is 9.96. The van der Waals surface area contributed by atoms with E-state index in [0.717, 1.165) is 6.07 Å². The summed E-state index contributed by atoms with van der Waals surface area (Å²) in [6, 6.07) is 9.17. The van der Waals surface area contributed by atoms with E-state index < -0.39 is 11.7 Å². The van der Waals surface area contributed by atoms with Crippen molar-refractivity contribution in [1.82, 2.24) is 0 Å². The average Bonchev–Trinajstić information content (AvgIpc) is 2.53. The van der Waals surface area contributed by atoms with E-state index in [0.29, 0.717) is 22.6 Å². The molecule has 1 aliphatic rings. The predicted molar refractivity (Wildman–Crippen MR) is 80.6 cm³/mol. The standard InChI is InChI=1S/C17H16F3NO2/c1-10-5-6-12(14(7-10)17(18,19)20)13-3-2-4-15-16(13)23-11(8-21)9-22-15/h2-7,11H,8-9,21H2,1H3. The molecule has 1 aliphatic heterocycles. The quantitative estimate of drug-likeness (QED) is 0.915. The third-order valence-corrected chi connectivity index (χ3v) is 3.72. The molecule has 3 rings (SSSR count). The number of para-hydroxylation sites is 1. The van der Waals surface area contributed by atoms with Crippen LogP contribution in [0.4, 0.5) is 13.2 Å². The third-order valence-electron chi connectivity index (χ3n) is 3.72. The summed E-state index contributed by atoms with van der Waals surface area (Å²) in [6.07, 6.45) is -4.82. The second kappa shape index (κ2) is 5.77. The molecule has 122 valence electrons. The van der Waals surface area contributed by atoms with Gasteiger partial charge in [0.25, 0.3) is 0 Å². The Bertz CT molecular complexity index is 728. The fourth-order valence-corrected chi connectivity index (χ4v) is 2.59. The third kappa shape index (κ3) is 2.99. The Morgan fingerprint density at radius 2 is 1.96 bits per heavy atom. The predicted octanol–water partition coefficient (Wildman–Crippen LogP) is 3.78. The lowest BCUT2D eigenvalue weighted by Gasteiger charge is -2.28. The molecule has 0 amide bonds. The van der Waals surface area contributed by atoms with Gasteiger partial charge in [-0.3, -0.25) is 0 Å². The molecule has 1 atom stereocenters. The molecule has 0 aromatic heterocycles. The Morgan fingerprint density at radius 3 is 2.65 bits per heavy atom. The van der Waals surface area contributed by atoms with Crippen molar-refractivity contribution in [3.8, 4) is 22.6 Å². The molecule has 0 fully saturated rings. The monoisotopic (exact) mass is 323 g/mol. The molecule has 1 heterocycles. The van der Waals surface area contributed by atoms with Gasteiger partial charge in [-0.05, 0) is 24.6 Å². The van der Waals surface area contributed by atoms with Gasteiger partial charge >= 0.3 is 6.18 Å². The van der Waals surface area contributed by atoms with Gasteiger partial charge in [-0.25, -0.2) is 0 Å². The minimum atomic E-state index is -4.45. The van der Waals surface area contributed by atoms with E-state index in [4.69, 9.17) is 15.2 Å². The zero-order valence-corrected chi connectivity index (χ0v) is 12.5. The van der Waals surface area contributed by atoms with Crippen molar-refractivity contribution in [3.05, 3.63) is 47.5 Å². The first kappa shape index (κ1) is 15.7. The molecule has 0 radical (unpaired) electrons. The molecule has 0 saturated carbocycles. The number of hydrogen-bond acceptors (Lipinski definition) is 3. The van der Waals surface area contributed by atoms with Gasteiger partial charge in [-0.1, -0.05) is 29.8 Å². The number of aryl methyl sites for hydroxylation is 1. The minimum Gasteiger partial charge on any atom is -0.486 e. The van der Waals surface area contributed by atoms with Crippen LogP contribution in [0.15, 0.2) is 36.4 Å². The molecule has 0 saturated heterocycles. The number of ether oxygens (including phenoxy) is 2. The number of fused-ring (bicyclic) bond motifs is 1. The summed E-state index contributed by atoms with van der Waals surface area (Å²) in [5.41, 5.74) is 5.86. The van der Waals surface area contributed by atoms with Crippen LogP contribution in [0, 0.1) is 6.92 Å². The average molecular weight is 323 g/mol. The van der Waals surface area contributed by atoms with E-state index in [2.05, 4.69) is 0 Å². The molecule has 1 unspecified atom stereocenters. The van der Waals surface area contributed by atoms with Gasteiger partial charge in [0.15, 0.2) is 11.5 Å². The molecule has 23 heavy (non-hydrogen) atoms. The zero-order chi connectivity index (χ0) is 16.6. The SMILES string of the molecule is Cc1ccc(-c2cccc3c2OC(CN)CO3)c(C(F)(F)F)c1. The van der Waals surface area contributed by atoms with Crippen molar-refractivity contribution in [3.63, 3.8) is 0 Å². The maximum atomic E-state index is 13.4. The van der Waals surface area contributed by atoms with E-state index in [1.54, 1.807) is 31.2 Å². The first-order valence-electron chi connectivity index (χ1n) is 7.21. The number of hydrogen-bond donors (Lipinski definition) is 1. The maximum absolute atomic E-state index is 13.4. The van der Waals surface area contributed by atoms with Crippen LogP contribution in [0.3, 0.4) is 0 Å². The van der Waals surface area contributed by atoms with Crippen LogP contribution in [-0.4, -0.2) is 19.3 Å². The first-order chi connectivity index (χ1) is 10.9. The summed E-state index contributed by atoms with van der Waals surface area (Å²) >= 11 is 0. The lowest BCUT2D eigenvalue weighted by molar-refractivity contribution is -0.137. The fourth-order valence-electron chi connectivity index (χ4n) is 2.59. The van der Waals surface area contributed by atoms with Crippen LogP contribution in [0.1, 0.15) is 11.1 Å². The molecule has 2 N–H and O–H groups in total. The molecule has 0 bridgehead atoms. The number of nitrogens with two attached hydrogens (primary N) is 1. The zero-order valence-electron chi connectivity index (χ0n) is 12.5. The highest BCUT2D eigenvalue weighted by atomic mass is 19.4. The maximum Gasteiger partial charge on any atom is 0.417 e. The fraction of sp³-hybridized carbons (Fsp3) is 0.294. The van der Waals surface area contributed by atoms with Crippen molar-refractivity contribution in [2.24, 2.45) is 5.73 Å². The van der Waals surface area contributed by atoms with Crippen molar-refractivity contribution < 1.29 is 22.6 Å². The number of benzene rings is 2. The van der Waals surface area contributed by atoms with Crippen molar-refractivity contribution >= 4 is 0 Å². The minimum absolute atomic E-state index is 0.0706. The van der Waals surface area contributed by atoms with Crippen molar-refractivity contribution in [2.75, 3.05) is 13.2 Å². The Balaban J connectivity index is 2.17. The Hall–Kier alpha value is -2.21. The van der Waals surface area contributed by atoms with Gasteiger partial charge in [0, 0.05) is 12.1 Å². The second-order valence-electron chi connectivity index (χ2n) is 5.47. The molecule has 2 aromatic carbocycles. The highest BCUT2D eigenvalue weighted by Crippen LogP contribution is 2.45. The van der Waals surface area contributed by atoms with Crippen molar-refractivity contribution in [1.29, 1.82) is 0 Å². The highest BCUT2D eigenvalue weighted by Gasteiger charge is 2.35. The molecule has 3 nitrogen and oxygen atoms in total. The van der Waals surface area contributed by atoms with Gasteiger partial charge in [0.2, 0.25) is 0 Å².